The Hall–Kier alpha value is -3.10. The van der Waals surface area contributed by atoms with Gasteiger partial charge in [-0.15, -0.1) is 0 Å². The fraction of sp³-hybridized carbons (Fsp3) is 0.348. The van der Waals surface area contributed by atoms with E-state index in [0.717, 1.165) is 11.1 Å². The molecule has 2 N–H and O–H groups in total. The van der Waals surface area contributed by atoms with E-state index in [1.54, 1.807) is 34.1 Å². The Morgan fingerprint density at radius 3 is 2.50 bits per heavy atom. The Morgan fingerprint density at radius 2 is 1.75 bits per heavy atom. The third kappa shape index (κ3) is 3.80. The van der Waals surface area contributed by atoms with Crippen LogP contribution in [0.5, 0.6) is 0 Å². The summed E-state index contributed by atoms with van der Waals surface area (Å²) in [5, 5.41) is 6.48. The molecule has 0 aromatic heterocycles. The molecule has 2 aromatic rings. The first kappa shape index (κ1) is 20.8. The molecule has 4 amide bonds. The van der Waals surface area contributed by atoms with Crippen LogP contribution in [0.3, 0.4) is 0 Å². The van der Waals surface area contributed by atoms with Crippen molar-refractivity contribution in [2.45, 2.75) is 18.5 Å². The number of halogens is 1. The van der Waals surface area contributed by atoms with Crippen LogP contribution in [-0.2, 0) is 9.53 Å². The maximum absolute atomic E-state index is 13.4. The lowest BCUT2D eigenvalue weighted by atomic mass is 10.0. The second kappa shape index (κ2) is 8.44. The molecule has 3 aliphatic rings. The number of nitrogens with one attached hydrogen (secondary N) is 2. The molecule has 2 atom stereocenters. The number of carbonyl (C=O) groups is 3. The molecule has 2 saturated heterocycles. The highest BCUT2D eigenvalue weighted by Crippen LogP contribution is 2.32. The summed E-state index contributed by atoms with van der Waals surface area (Å²) in [6, 6.07) is 11.4. The number of rotatable bonds is 2. The Bertz CT molecular complexity index is 1070. The predicted octanol–water partition coefficient (Wildman–Crippen LogP) is 2.58. The van der Waals surface area contributed by atoms with Gasteiger partial charge in [0.25, 0.3) is 5.91 Å². The van der Waals surface area contributed by atoms with Crippen LogP contribution in [0.2, 0.25) is 5.02 Å². The summed E-state index contributed by atoms with van der Waals surface area (Å²) in [6.45, 7) is 2.42. The lowest BCUT2D eigenvalue weighted by Gasteiger charge is -2.30. The van der Waals surface area contributed by atoms with Crippen molar-refractivity contribution in [1.29, 1.82) is 0 Å². The highest BCUT2D eigenvalue weighted by atomic mass is 35.5. The zero-order chi connectivity index (χ0) is 22.2. The molecule has 0 bridgehead atoms. The minimum atomic E-state index is -0.751. The minimum absolute atomic E-state index is 0.220. The van der Waals surface area contributed by atoms with Crippen LogP contribution in [0.15, 0.2) is 42.5 Å². The van der Waals surface area contributed by atoms with Gasteiger partial charge >= 0.3 is 6.03 Å². The third-order valence-corrected chi connectivity index (χ3v) is 6.47. The molecule has 0 aliphatic carbocycles. The molecular weight excluding hydrogens is 432 g/mol. The summed E-state index contributed by atoms with van der Waals surface area (Å²) in [6.07, 6.45) is 0.520. The van der Waals surface area contributed by atoms with Gasteiger partial charge in [0.05, 0.1) is 30.5 Å². The minimum Gasteiger partial charge on any atom is -0.378 e. The largest absolute Gasteiger partial charge is 0.378 e. The van der Waals surface area contributed by atoms with Crippen LogP contribution in [0, 0.1) is 0 Å². The van der Waals surface area contributed by atoms with Crippen molar-refractivity contribution in [3.63, 3.8) is 0 Å². The Labute approximate surface area is 190 Å². The van der Waals surface area contributed by atoms with E-state index in [4.69, 9.17) is 16.3 Å². The van der Waals surface area contributed by atoms with Crippen molar-refractivity contribution >= 4 is 35.1 Å². The fourth-order valence-electron chi connectivity index (χ4n) is 4.53. The molecule has 5 rings (SSSR count). The Morgan fingerprint density at radius 1 is 1.03 bits per heavy atom. The molecule has 0 radical (unpaired) electrons. The van der Waals surface area contributed by atoms with Gasteiger partial charge in [0.15, 0.2) is 0 Å². The number of ether oxygens (including phenoxy) is 1. The number of anilines is 1. The summed E-state index contributed by atoms with van der Waals surface area (Å²) < 4.78 is 5.29. The highest BCUT2D eigenvalue weighted by molar-refractivity contribution is 6.30. The number of benzene rings is 2. The second-order valence-corrected chi connectivity index (χ2v) is 8.58. The third-order valence-electron chi connectivity index (χ3n) is 6.22. The van der Waals surface area contributed by atoms with Crippen LogP contribution < -0.4 is 10.6 Å². The molecule has 166 valence electrons. The highest BCUT2D eigenvalue weighted by Gasteiger charge is 2.45. The van der Waals surface area contributed by atoms with Gasteiger partial charge in [0, 0.05) is 24.7 Å². The maximum atomic E-state index is 13.4. The van der Waals surface area contributed by atoms with Crippen molar-refractivity contribution in [1.82, 2.24) is 15.1 Å². The van der Waals surface area contributed by atoms with Gasteiger partial charge in [-0.05, 0) is 41.8 Å². The molecule has 3 heterocycles. The summed E-state index contributed by atoms with van der Waals surface area (Å²) in [7, 11) is 0. The SMILES string of the molecule is O=C1Nc2ccc(-c3ccc(Cl)cc3)cc2C(=O)N2CC[C@H](NC(=O)N3CCOCC3)[C@@H]12. The smallest absolute Gasteiger partial charge is 0.317 e. The number of hydrogen-bond acceptors (Lipinski definition) is 4. The van der Waals surface area contributed by atoms with Gasteiger partial charge in [-0.2, -0.15) is 0 Å². The van der Waals surface area contributed by atoms with E-state index in [2.05, 4.69) is 10.6 Å². The number of hydrogen-bond donors (Lipinski definition) is 2. The maximum Gasteiger partial charge on any atom is 0.317 e. The molecule has 32 heavy (non-hydrogen) atoms. The topological polar surface area (TPSA) is 91.0 Å². The molecule has 0 spiro atoms. The van der Waals surface area contributed by atoms with Gasteiger partial charge in [-0.1, -0.05) is 29.8 Å². The van der Waals surface area contributed by atoms with Crippen LogP contribution >= 0.6 is 11.6 Å². The standard InChI is InChI=1S/C23H23ClN4O4/c24-16-4-1-14(2-5-16)15-3-6-18-17(13-15)22(30)28-8-7-19(20(28)21(29)25-18)26-23(31)27-9-11-32-12-10-27/h1-6,13,19-20H,7-12H2,(H,25,29)(H,26,31)/t19-,20-/m0/s1. The lowest BCUT2D eigenvalue weighted by molar-refractivity contribution is -0.120. The summed E-state index contributed by atoms with van der Waals surface area (Å²) in [5.41, 5.74) is 2.70. The number of amides is 4. The Kier molecular flexibility index (Phi) is 5.48. The Balaban J connectivity index is 1.39. The van der Waals surface area contributed by atoms with Crippen molar-refractivity contribution < 1.29 is 19.1 Å². The molecule has 2 fully saturated rings. The first-order valence-electron chi connectivity index (χ1n) is 10.7. The molecule has 8 nitrogen and oxygen atoms in total. The van der Waals surface area contributed by atoms with E-state index in [-0.39, 0.29) is 17.8 Å². The van der Waals surface area contributed by atoms with E-state index in [1.807, 2.05) is 18.2 Å². The molecule has 0 unspecified atom stereocenters. The molecular formula is C23H23ClN4O4. The number of urea groups is 1. The van der Waals surface area contributed by atoms with Gasteiger partial charge < -0.3 is 25.2 Å². The van der Waals surface area contributed by atoms with Crippen LogP contribution in [0.25, 0.3) is 11.1 Å². The first-order valence-corrected chi connectivity index (χ1v) is 11.0. The molecule has 9 heteroatoms. The quantitative estimate of drug-likeness (QED) is 0.729. The average Bonchev–Trinajstić information content (AvgIpc) is 3.19. The van der Waals surface area contributed by atoms with Crippen molar-refractivity contribution in [2.75, 3.05) is 38.2 Å². The van der Waals surface area contributed by atoms with Gasteiger partial charge in [-0.25, -0.2) is 4.79 Å². The molecule has 2 aromatic carbocycles. The van der Waals surface area contributed by atoms with Crippen molar-refractivity contribution in [2.24, 2.45) is 0 Å². The monoisotopic (exact) mass is 454 g/mol. The molecule has 3 aliphatic heterocycles. The summed E-state index contributed by atoms with van der Waals surface area (Å²) in [5.74, 6) is -0.511. The van der Waals surface area contributed by atoms with E-state index < -0.39 is 12.1 Å². The molecule has 0 saturated carbocycles. The first-order chi connectivity index (χ1) is 15.5. The fourth-order valence-corrected chi connectivity index (χ4v) is 4.65. The van der Waals surface area contributed by atoms with Crippen LogP contribution in [0.4, 0.5) is 10.5 Å². The lowest BCUT2D eigenvalue weighted by Crippen LogP contribution is -2.55. The number of carbonyl (C=O) groups excluding carboxylic acids is 3. The van der Waals surface area contributed by atoms with Crippen molar-refractivity contribution in [3.05, 3.63) is 53.1 Å². The van der Waals surface area contributed by atoms with Gasteiger partial charge in [0.2, 0.25) is 5.91 Å². The van der Waals surface area contributed by atoms with E-state index in [0.29, 0.717) is 55.5 Å². The van der Waals surface area contributed by atoms with E-state index >= 15 is 0 Å². The second-order valence-electron chi connectivity index (χ2n) is 8.14. The predicted molar refractivity (Wildman–Crippen MR) is 120 cm³/mol. The van der Waals surface area contributed by atoms with Crippen LogP contribution in [0.1, 0.15) is 16.8 Å². The van der Waals surface area contributed by atoms with Gasteiger partial charge in [-0.3, -0.25) is 9.59 Å². The van der Waals surface area contributed by atoms with E-state index in [9.17, 15) is 14.4 Å². The zero-order valence-corrected chi connectivity index (χ0v) is 18.1. The van der Waals surface area contributed by atoms with Crippen LogP contribution in [-0.4, -0.2) is 72.6 Å². The van der Waals surface area contributed by atoms with E-state index in [1.165, 1.54) is 0 Å². The zero-order valence-electron chi connectivity index (χ0n) is 17.3. The van der Waals surface area contributed by atoms with Gasteiger partial charge in [0.1, 0.15) is 6.04 Å². The number of nitrogens with zero attached hydrogens (tertiary/aromatic N) is 2. The average molecular weight is 455 g/mol. The summed E-state index contributed by atoms with van der Waals surface area (Å²) >= 11 is 5.99. The normalized spacial score (nSPS) is 22.7. The van der Waals surface area contributed by atoms with Crippen molar-refractivity contribution in [3.8, 4) is 11.1 Å². The number of morpholine rings is 1. The summed E-state index contributed by atoms with van der Waals surface area (Å²) in [4.78, 5) is 42.4. The number of fused-ring (bicyclic) bond motifs is 2.